The van der Waals surface area contributed by atoms with Gasteiger partial charge in [0.2, 0.25) is 5.88 Å². The summed E-state index contributed by atoms with van der Waals surface area (Å²) in [6, 6.07) is 22.6. The molecule has 0 bridgehead atoms. The molecular weight excluding hydrogens is 1100 g/mol. The Balaban J connectivity index is 0.720. The number of amides is 1. The van der Waals surface area contributed by atoms with Crippen LogP contribution >= 0.6 is 0 Å². The monoisotopic (exact) mass is 1180 g/mol. The molecule has 9 heterocycles. The molecular formula is C63H74N10O11S. The number of anilines is 4. The minimum absolute atomic E-state index is 0.00248. The van der Waals surface area contributed by atoms with Crippen LogP contribution in [0.4, 0.5) is 28.4 Å². The fourth-order valence-electron chi connectivity index (χ4n) is 14.8. The van der Waals surface area contributed by atoms with Gasteiger partial charge in [0.25, 0.3) is 27.5 Å². The van der Waals surface area contributed by atoms with Crippen molar-refractivity contribution in [3.8, 4) is 23.3 Å². The van der Waals surface area contributed by atoms with Crippen LogP contribution in [0.1, 0.15) is 112 Å². The van der Waals surface area contributed by atoms with E-state index in [1.165, 1.54) is 17.2 Å². The average Bonchev–Trinajstić information content (AvgIpc) is 2.97. The van der Waals surface area contributed by atoms with Crippen LogP contribution in [0.25, 0.3) is 11.0 Å². The van der Waals surface area contributed by atoms with Gasteiger partial charge in [0.05, 0.1) is 45.4 Å². The molecule has 0 radical (unpaired) electrons. The number of nitrogens with one attached hydrogen (secondary N) is 3. The van der Waals surface area contributed by atoms with Crippen molar-refractivity contribution in [2.75, 3.05) is 74.3 Å². The minimum atomic E-state index is -4.74. The number of aromatic nitrogens is 3. The fourth-order valence-corrected chi connectivity index (χ4v) is 15.8. The number of H-pyrrole nitrogens is 1. The van der Waals surface area contributed by atoms with Crippen molar-refractivity contribution in [2.45, 2.75) is 138 Å². The largest absolute Gasteiger partial charge is 0.489 e. The first-order chi connectivity index (χ1) is 40.9. The summed E-state index contributed by atoms with van der Waals surface area (Å²) in [7, 11) is -4.74. The standard InChI is InChI=1S/C63H74N10O11S/c1-38-7-5-6-8-45(38)52-34-69(33-41-14-21-65-60-56(41)82-37-61(2,3)84-60)24-25-71(52)43-31-63(32-43)18-22-70(23-19-63)42-9-10-46(49(28-42)72-48-15-26-80-36-54(48)83-59-51(72)27-40-13-20-64-57(40)67-59)58(74)68-85(78,79)44-29-50(73(76)77)55-53(30-44)81-35-47(66-55)39-11-16-62(4,75)17-12-39/h5-10,13-14,20-21,27-30,39,43,47-48,52,54,66,75H,11-12,15-19,22-26,31-37H2,1-4H3,(H,64,67)(H,68,74)/t39?,47-,48+,52+,54+,62?/m1/s1. The molecule has 6 aliphatic heterocycles. The van der Waals surface area contributed by atoms with E-state index >= 15 is 0 Å². The van der Waals surface area contributed by atoms with Gasteiger partial charge in [0.15, 0.2) is 17.2 Å². The quantitative estimate of drug-likeness (QED) is 0.0699. The molecule has 448 valence electrons. The molecule has 2 saturated carbocycles. The Morgan fingerprint density at radius 3 is 2.53 bits per heavy atom. The number of pyridine rings is 2. The van der Waals surface area contributed by atoms with E-state index < -0.39 is 48.7 Å². The van der Waals surface area contributed by atoms with Crippen LogP contribution in [-0.4, -0.2) is 144 Å². The van der Waals surface area contributed by atoms with Gasteiger partial charge in [0.1, 0.15) is 36.3 Å². The number of piperidine rings is 1. The van der Waals surface area contributed by atoms with E-state index in [9.17, 15) is 28.4 Å². The van der Waals surface area contributed by atoms with Crippen molar-refractivity contribution >= 4 is 55.4 Å². The van der Waals surface area contributed by atoms with Crippen LogP contribution in [0.15, 0.2) is 90.1 Å². The molecule has 4 atom stereocenters. The summed E-state index contributed by atoms with van der Waals surface area (Å²) in [5.41, 5.74) is 5.05. The molecule has 3 aromatic heterocycles. The number of hydrogen-bond acceptors (Lipinski definition) is 18. The number of hydrogen-bond donors (Lipinski definition) is 4. The number of aliphatic hydroxyl groups is 1. The van der Waals surface area contributed by atoms with E-state index in [0.717, 1.165) is 93.4 Å². The highest BCUT2D eigenvalue weighted by Gasteiger charge is 2.51. The van der Waals surface area contributed by atoms with Gasteiger partial charge >= 0.3 is 0 Å². The third-order valence-electron chi connectivity index (χ3n) is 19.6. The lowest BCUT2D eigenvalue weighted by atomic mass is 9.59. The lowest BCUT2D eigenvalue weighted by molar-refractivity contribution is -0.384. The maximum absolute atomic E-state index is 15.0. The maximum atomic E-state index is 15.0. The Kier molecular flexibility index (Phi) is 13.9. The SMILES string of the molecule is Cc1ccccc1[C@@H]1CN(Cc2ccnc3c2OCC(C)(C)O3)CCN1C1CC2(CCN(c3ccc(C(=O)NS(=O)(=O)c4cc5c(c([N+](=O)[O-])c4)N[C@@H](C4CCC(C)(O)CC4)CO5)c(N4c5cc6cc[nH]c6nc5O[C@H]5COCC[C@@H]54)c3)CC2)C1. The van der Waals surface area contributed by atoms with E-state index in [1.807, 2.05) is 51.2 Å². The summed E-state index contributed by atoms with van der Waals surface area (Å²) in [4.78, 5) is 48.9. The molecule has 8 aliphatic rings. The molecule has 0 unspecified atom stereocenters. The first kappa shape index (κ1) is 55.6. The number of fused-ring (bicyclic) bond motifs is 5. The minimum Gasteiger partial charge on any atom is -0.489 e. The normalized spacial score (nSPS) is 26.4. The summed E-state index contributed by atoms with van der Waals surface area (Å²) in [5.74, 6) is 0.842. The van der Waals surface area contributed by atoms with Crippen molar-refractivity contribution in [3.63, 3.8) is 0 Å². The maximum Gasteiger partial charge on any atom is 0.297 e. The predicted octanol–water partition coefficient (Wildman–Crippen LogP) is 8.95. The fraction of sp³-hybridized carbons (Fsp3) is 0.508. The highest BCUT2D eigenvalue weighted by atomic mass is 32.2. The van der Waals surface area contributed by atoms with E-state index in [2.05, 4.69) is 76.9 Å². The number of carbonyl (C=O) groups is 1. The van der Waals surface area contributed by atoms with Gasteiger partial charge in [0, 0.05) is 99.1 Å². The van der Waals surface area contributed by atoms with Gasteiger partial charge < -0.3 is 48.9 Å². The van der Waals surface area contributed by atoms with Crippen molar-refractivity contribution in [1.82, 2.24) is 29.5 Å². The number of nitro groups is 1. The highest BCUT2D eigenvalue weighted by molar-refractivity contribution is 7.90. The first-order valence-corrected chi connectivity index (χ1v) is 31.6. The number of piperazine rings is 1. The first-order valence-electron chi connectivity index (χ1n) is 30.1. The Morgan fingerprint density at radius 2 is 1.73 bits per heavy atom. The van der Waals surface area contributed by atoms with Crippen LogP contribution in [0.3, 0.4) is 0 Å². The molecule has 4 N–H and O–H groups in total. The average molecular weight is 1180 g/mol. The number of carbonyl (C=O) groups excluding carboxylic acids is 1. The molecule has 6 aromatic rings. The van der Waals surface area contributed by atoms with Crippen LogP contribution in [0.2, 0.25) is 0 Å². The molecule has 3 aromatic carbocycles. The zero-order chi connectivity index (χ0) is 58.6. The summed E-state index contributed by atoms with van der Waals surface area (Å²) in [6.45, 7) is 14.5. The number of aromatic amines is 1. The zero-order valence-corrected chi connectivity index (χ0v) is 49.4. The number of nitro benzene ring substituents is 1. The number of ether oxygens (including phenoxy) is 5. The van der Waals surface area contributed by atoms with Gasteiger partial charge in [-0.15, -0.1) is 0 Å². The third-order valence-corrected chi connectivity index (χ3v) is 20.9. The molecule has 21 nitrogen and oxygen atoms in total. The van der Waals surface area contributed by atoms with Crippen LogP contribution in [0, 0.1) is 28.4 Å². The second kappa shape index (κ2) is 21.3. The highest BCUT2D eigenvalue weighted by Crippen LogP contribution is 2.54. The molecule has 5 fully saturated rings. The van der Waals surface area contributed by atoms with Crippen molar-refractivity contribution in [1.29, 1.82) is 0 Å². The smallest absolute Gasteiger partial charge is 0.297 e. The van der Waals surface area contributed by atoms with Gasteiger partial charge in [-0.2, -0.15) is 4.98 Å². The van der Waals surface area contributed by atoms with E-state index in [-0.39, 0.29) is 59.7 Å². The topological polar surface area (TPSA) is 239 Å². The van der Waals surface area contributed by atoms with Gasteiger partial charge in [-0.3, -0.25) is 24.7 Å². The van der Waals surface area contributed by atoms with Crippen molar-refractivity contribution < 1.29 is 46.9 Å². The Hall–Kier alpha value is -7.24. The van der Waals surface area contributed by atoms with E-state index in [4.69, 9.17) is 28.7 Å². The summed E-state index contributed by atoms with van der Waals surface area (Å²) < 4.78 is 62.5. The molecule has 22 heteroatoms. The van der Waals surface area contributed by atoms with Crippen molar-refractivity contribution in [3.05, 3.63) is 118 Å². The molecule has 1 spiro atoms. The number of benzene rings is 3. The molecule has 14 rings (SSSR count). The molecule has 2 aliphatic carbocycles. The van der Waals surface area contributed by atoms with Gasteiger partial charge in [-0.25, -0.2) is 18.1 Å². The van der Waals surface area contributed by atoms with Gasteiger partial charge in [-0.05, 0) is 144 Å². The lowest BCUT2D eigenvalue weighted by Gasteiger charge is -2.58. The van der Waals surface area contributed by atoms with Crippen LogP contribution in [-0.2, 0) is 21.3 Å². The molecule has 3 saturated heterocycles. The Bertz CT molecular complexity index is 3700. The van der Waals surface area contributed by atoms with E-state index in [0.29, 0.717) is 80.1 Å². The summed E-state index contributed by atoms with van der Waals surface area (Å²) in [5, 5.41) is 27.4. The Labute approximate surface area is 494 Å². The van der Waals surface area contributed by atoms with Gasteiger partial charge in [-0.1, -0.05) is 24.3 Å². The third kappa shape index (κ3) is 10.5. The number of aryl methyl sites for hydroxylation is 1. The van der Waals surface area contributed by atoms with E-state index in [1.54, 1.807) is 12.3 Å². The molecule has 1 amide bonds. The second-order valence-corrected chi connectivity index (χ2v) is 27.6. The summed E-state index contributed by atoms with van der Waals surface area (Å²) >= 11 is 0. The van der Waals surface area contributed by atoms with Crippen molar-refractivity contribution in [2.24, 2.45) is 11.3 Å². The second-order valence-electron chi connectivity index (χ2n) is 25.9. The molecule has 85 heavy (non-hydrogen) atoms. The Morgan fingerprint density at radius 1 is 0.918 bits per heavy atom. The number of nitrogens with zero attached hydrogens (tertiary/aromatic N) is 7. The predicted molar refractivity (Wildman–Crippen MR) is 319 cm³/mol. The van der Waals surface area contributed by atoms with Crippen LogP contribution < -0.4 is 38.8 Å². The zero-order valence-electron chi connectivity index (χ0n) is 48.6. The summed E-state index contributed by atoms with van der Waals surface area (Å²) in [6.07, 6.45) is 10.5. The van der Waals surface area contributed by atoms with Crippen LogP contribution in [0.5, 0.6) is 23.3 Å². The lowest BCUT2D eigenvalue weighted by Crippen LogP contribution is -2.60. The number of rotatable bonds is 11. The number of sulfonamides is 1.